The Morgan fingerprint density at radius 2 is 1.86 bits per heavy atom. The Hall–Kier alpha value is -3.67. The fourth-order valence-corrected chi connectivity index (χ4v) is 2.78. The third-order valence-electron chi connectivity index (χ3n) is 4.25. The molecular weight excluding hydrogens is 354 g/mol. The molecule has 2 N–H and O–H groups in total. The van der Waals surface area contributed by atoms with Gasteiger partial charge in [0.05, 0.1) is 18.4 Å². The number of nitrogens with one attached hydrogen (secondary N) is 2. The fourth-order valence-electron chi connectivity index (χ4n) is 2.78. The second-order valence-corrected chi connectivity index (χ2v) is 6.23. The highest BCUT2D eigenvalue weighted by Gasteiger charge is 2.14. The first-order valence-corrected chi connectivity index (χ1v) is 8.80. The summed E-state index contributed by atoms with van der Waals surface area (Å²) in [7, 11) is 1.59. The molecule has 3 rings (SSSR count). The zero-order valence-electron chi connectivity index (χ0n) is 15.7. The topological polar surface area (TPSA) is 80.3 Å². The number of rotatable bonds is 6. The monoisotopic (exact) mass is 375 g/mol. The first-order chi connectivity index (χ1) is 13.6. The Labute approximate surface area is 163 Å². The van der Waals surface area contributed by atoms with Crippen LogP contribution in [0.5, 0.6) is 5.75 Å². The molecule has 0 aliphatic rings. The van der Waals surface area contributed by atoms with Crippen LogP contribution in [-0.4, -0.2) is 23.9 Å². The first-order valence-electron chi connectivity index (χ1n) is 8.80. The normalized spacial score (nSPS) is 10.2. The number of hydrogen-bond acceptors (Lipinski definition) is 4. The molecule has 1 heterocycles. The number of carbonyl (C=O) groups excluding carboxylic acids is 2. The van der Waals surface area contributed by atoms with Gasteiger partial charge < -0.3 is 15.4 Å². The van der Waals surface area contributed by atoms with Crippen molar-refractivity contribution in [3.8, 4) is 5.75 Å². The van der Waals surface area contributed by atoms with E-state index in [9.17, 15) is 9.59 Å². The minimum Gasteiger partial charge on any atom is -0.496 e. The predicted octanol–water partition coefficient (Wildman–Crippen LogP) is 3.58. The molecule has 2 amide bonds. The van der Waals surface area contributed by atoms with E-state index >= 15 is 0 Å². The van der Waals surface area contributed by atoms with Crippen molar-refractivity contribution in [3.05, 3.63) is 89.2 Å². The number of pyridine rings is 1. The number of amides is 2. The molecule has 142 valence electrons. The van der Waals surface area contributed by atoms with Crippen LogP contribution in [0.15, 0.2) is 67.0 Å². The van der Waals surface area contributed by atoms with E-state index in [0.29, 0.717) is 29.1 Å². The lowest BCUT2D eigenvalue weighted by atomic mass is 10.1. The summed E-state index contributed by atoms with van der Waals surface area (Å²) in [6.45, 7) is 2.22. The van der Waals surface area contributed by atoms with Gasteiger partial charge in [-0.3, -0.25) is 14.6 Å². The highest BCUT2D eigenvalue weighted by atomic mass is 16.5. The minimum absolute atomic E-state index is 0.273. The molecule has 0 fully saturated rings. The van der Waals surface area contributed by atoms with Gasteiger partial charge in [-0.2, -0.15) is 0 Å². The predicted molar refractivity (Wildman–Crippen MR) is 108 cm³/mol. The highest BCUT2D eigenvalue weighted by molar-refractivity contribution is 6.09. The number of benzene rings is 2. The van der Waals surface area contributed by atoms with Gasteiger partial charge >= 0.3 is 0 Å². The molecular formula is C22H21N3O3. The van der Waals surface area contributed by atoms with Crippen LogP contribution in [0.4, 0.5) is 5.69 Å². The maximum absolute atomic E-state index is 12.6. The standard InChI is InChI=1S/C22H21N3O3/c1-15-12-17(9-10-20(15)28-2)21(26)25-19-8-4-3-7-18(19)22(27)24-14-16-6-5-11-23-13-16/h3-13H,14H2,1-2H3,(H,24,27)(H,25,26). The van der Waals surface area contributed by atoms with Crippen LogP contribution in [0.3, 0.4) is 0 Å². The number of para-hydroxylation sites is 1. The van der Waals surface area contributed by atoms with Crippen molar-refractivity contribution in [1.29, 1.82) is 0 Å². The van der Waals surface area contributed by atoms with E-state index in [1.807, 2.05) is 19.1 Å². The molecule has 0 aliphatic heterocycles. The molecule has 0 aliphatic carbocycles. The Bertz CT molecular complexity index is 987. The summed E-state index contributed by atoms with van der Waals surface area (Å²) in [4.78, 5) is 29.3. The van der Waals surface area contributed by atoms with Gasteiger partial charge in [0.25, 0.3) is 11.8 Å². The quantitative estimate of drug-likeness (QED) is 0.690. The summed E-state index contributed by atoms with van der Waals surface area (Å²) < 4.78 is 5.22. The molecule has 0 radical (unpaired) electrons. The summed E-state index contributed by atoms with van der Waals surface area (Å²) in [5.41, 5.74) is 3.09. The lowest BCUT2D eigenvalue weighted by molar-refractivity contribution is 0.0951. The molecule has 3 aromatic rings. The van der Waals surface area contributed by atoms with E-state index in [0.717, 1.165) is 11.1 Å². The maximum atomic E-state index is 12.6. The number of hydrogen-bond donors (Lipinski definition) is 2. The molecule has 6 nitrogen and oxygen atoms in total. The van der Waals surface area contributed by atoms with Crippen LogP contribution in [-0.2, 0) is 6.54 Å². The molecule has 0 saturated carbocycles. The molecule has 0 saturated heterocycles. The zero-order valence-corrected chi connectivity index (χ0v) is 15.7. The molecule has 0 unspecified atom stereocenters. The Balaban J connectivity index is 1.73. The molecule has 2 aromatic carbocycles. The molecule has 28 heavy (non-hydrogen) atoms. The van der Waals surface area contributed by atoms with Gasteiger partial charge in [0.15, 0.2) is 0 Å². The van der Waals surface area contributed by atoms with Gasteiger partial charge in [-0.15, -0.1) is 0 Å². The lowest BCUT2D eigenvalue weighted by Gasteiger charge is -2.12. The van der Waals surface area contributed by atoms with E-state index in [4.69, 9.17) is 4.74 Å². The summed E-state index contributed by atoms with van der Waals surface area (Å²) >= 11 is 0. The molecule has 0 atom stereocenters. The van der Waals surface area contributed by atoms with Crippen LogP contribution in [0.1, 0.15) is 31.8 Å². The molecule has 0 bridgehead atoms. The van der Waals surface area contributed by atoms with Gasteiger partial charge in [0.2, 0.25) is 0 Å². The SMILES string of the molecule is COc1ccc(C(=O)Nc2ccccc2C(=O)NCc2cccnc2)cc1C. The number of aryl methyl sites for hydroxylation is 1. The highest BCUT2D eigenvalue weighted by Crippen LogP contribution is 2.21. The molecule has 0 spiro atoms. The zero-order chi connectivity index (χ0) is 19.9. The van der Waals surface area contributed by atoms with Gasteiger partial charge in [0, 0.05) is 24.5 Å². The number of ether oxygens (including phenoxy) is 1. The number of carbonyl (C=O) groups is 2. The van der Waals surface area contributed by atoms with E-state index in [1.54, 1.807) is 62.0 Å². The van der Waals surface area contributed by atoms with E-state index in [-0.39, 0.29) is 11.8 Å². The van der Waals surface area contributed by atoms with Crippen LogP contribution in [0.25, 0.3) is 0 Å². The third-order valence-corrected chi connectivity index (χ3v) is 4.25. The van der Waals surface area contributed by atoms with Crippen molar-refractivity contribution in [2.75, 3.05) is 12.4 Å². The van der Waals surface area contributed by atoms with E-state index in [1.165, 1.54) is 0 Å². The average molecular weight is 375 g/mol. The number of nitrogens with zero attached hydrogens (tertiary/aromatic N) is 1. The number of anilines is 1. The summed E-state index contributed by atoms with van der Waals surface area (Å²) in [6, 6.07) is 15.8. The summed E-state index contributed by atoms with van der Waals surface area (Å²) in [6.07, 6.45) is 3.37. The minimum atomic E-state index is -0.293. The largest absolute Gasteiger partial charge is 0.496 e. The second-order valence-electron chi connectivity index (χ2n) is 6.23. The van der Waals surface area contributed by atoms with E-state index < -0.39 is 0 Å². The van der Waals surface area contributed by atoms with Crippen LogP contribution < -0.4 is 15.4 Å². The van der Waals surface area contributed by atoms with Gasteiger partial charge in [-0.25, -0.2) is 0 Å². The Kier molecular flexibility index (Phi) is 6.01. The van der Waals surface area contributed by atoms with Crippen molar-refractivity contribution in [3.63, 3.8) is 0 Å². The lowest BCUT2D eigenvalue weighted by Crippen LogP contribution is -2.25. The van der Waals surface area contributed by atoms with Crippen molar-refractivity contribution >= 4 is 17.5 Å². The van der Waals surface area contributed by atoms with Gasteiger partial charge in [-0.1, -0.05) is 18.2 Å². The van der Waals surface area contributed by atoms with Crippen molar-refractivity contribution in [1.82, 2.24) is 10.3 Å². The Morgan fingerprint density at radius 1 is 1.04 bits per heavy atom. The second kappa shape index (κ2) is 8.81. The van der Waals surface area contributed by atoms with Crippen molar-refractivity contribution < 1.29 is 14.3 Å². The Morgan fingerprint density at radius 3 is 2.57 bits per heavy atom. The number of aromatic nitrogens is 1. The fraction of sp³-hybridized carbons (Fsp3) is 0.136. The van der Waals surface area contributed by atoms with Crippen molar-refractivity contribution in [2.24, 2.45) is 0 Å². The summed E-state index contributed by atoms with van der Waals surface area (Å²) in [5.74, 6) is 0.149. The maximum Gasteiger partial charge on any atom is 0.255 e. The smallest absolute Gasteiger partial charge is 0.255 e. The van der Waals surface area contributed by atoms with Crippen LogP contribution >= 0.6 is 0 Å². The van der Waals surface area contributed by atoms with Gasteiger partial charge in [-0.05, 0) is 54.4 Å². The summed E-state index contributed by atoms with van der Waals surface area (Å²) in [5, 5.41) is 5.66. The van der Waals surface area contributed by atoms with Crippen molar-refractivity contribution in [2.45, 2.75) is 13.5 Å². The molecule has 6 heteroatoms. The third kappa shape index (κ3) is 4.54. The first kappa shape index (κ1) is 19.1. The average Bonchev–Trinajstić information content (AvgIpc) is 2.73. The van der Waals surface area contributed by atoms with Gasteiger partial charge in [0.1, 0.15) is 5.75 Å². The van der Waals surface area contributed by atoms with Crippen LogP contribution in [0.2, 0.25) is 0 Å². The molecule has 1 aromatic heterocycles. The number of methoxy groups -OCH3 is 1. The van der Waals surface area contributed by atoms with Crippen LogP contribution in [0, 0.1) is 6.92 Å². The van der Waals surface area contributed by atoms with E-state index in [2.05, 4.69) is 15.6 Å².